The molecule has 10 heteroatoms. The number of carbonyl (C=O) groups is 2. The van der Waals surface area contributed by atoms with Crippen LogP contribution in [0.4, 0.5) is 5.95 Å². The lowest BCUT2D eigenvalue weighted by Crippen LogP contribution is -2.58. The predicted molar refractivity (Wildman–Crippen MR) is 92.0 cm³/mol. The van der Waals surface area contributed by atoms with Crippen molar-refractivity contribution in [3.05, 3.63) is 28.7 Å². The number of ether oxygens (including phenoxy) is 2. The summed E-state index contributed by atoms with van der Waals surface area (Å²) in [6.07, 6.45) is 3.20. The minimum atomic E-state index is -1.07. The fraction of sp³-hybridized carbons (Fsp3) is 0.375. The first-order chi connectivity index (χ1) is 12.6. The fourth-order valence-corrected chi connectivity index (χ4v) is 3.90. The Morgan fingerprint density at radius 1 is 1.19 bits per heavy atom. The van der Waals surface area contributed by atoms with Gasteiger partial charge in [-0.15, -0.1) is 11.3 Å². The van der Waals surface area contributed by atoms with E-state index in [9.17, 15) is 14.7 Å². The number of hydrogen-bond donors (Lipinski definition) is 1. The Labute approximate surface area is 152 Å². The first-order valence-electron chi connectivity index (χ1n) is 8.08. The molecule has 1 saturated heterocycles. The van der Waals surface area contributed by atoms with Crippen LogP contribution in [0.15, 0.2) is 23.8 Å². The molecule has 1 amide bonds. The maximum atomic E-state index is 13.0. The highest BCUT2D eigenvalue weighted by Crippen LogP contribution is 2.40. The molecular weight excluding hydrogens is 360 g/mol. The van der Waals surface area contributed by atoms with Crippen molar-refractivity contribution in [2.24, 2.45) is 0 Å². The smallest absolute Gasteiger partial charge is 0.328 e. The Bertz CT molecular complexity index is 827. The number of nitrogens with zero attached hydrogens (tertiary/aromatic N) is 4. The van der Waals surface area contributed by atoms with Gasteiger partial charge in [0.05, 0.1) is 6.54 Å². The van der Waals surface area contributed by atoms with Crippen molar-refractivity contribution < 1.29 is 24.2 Å². The van der Waals surface area contributed by atoms with Crippen molar-refractivity contribution in [2.45, 2.75) is 6.04 Å². The van der Waals surface area contributed by atoms with Crippen molar-refractivity contribution in [3.8, 4) is 11.5 Å². The third-order valence-corrected chi connectivity index (χ3v) is 5.18. The van der Waals surface area contributed by atoms with Gasteiger partial charge in [0.1, 0.15) is 24.1 Å². The summed E-state index contributed by atoms with van der Waals surface area (Å²) in [6.45, 7) is 1.62. The monoisotopic (exact) mass is 376 g/mol. The lowest BCUT2D eigenvalue weighted by molar-refractivity contribution is -0.142. The second-order valence-electron chi connectivity index (χ2n) is 5.80. The van der Waals surface area contributed by atoms with Gasteiger partial charge in [0.2, 0.25) is 5.95 Å². The summed E-state index contributed by atoms with van der Waals surface area (Å²) in [6, 6.07) is 0.697. The molecule has 1 N–H and O–H groups in total. The molecule has 136 valence electrons. The largest absolute Gasteiger partial charge is 0.485 e. The standard InChI is InChI=1S/C16H16N4O5S/c21-14(13-12-11(9-26-13)24-6-7-25-12)20-5-4-19(8-10(20)15(22)23)16-17-2-1-3-18-16/h1-3,9-10H,4-8H2,(H,22,23). The van der Waals surface area contributed by atoms with E-state index in [0.717, 1.165) is 0 Å². The molecule has 1 fully saturated rings. The van der Waals surface area contributed by atoms with Crippen molar-refractivity contribution in [1.82, 2.24) is 14.9 Å². The lowest BCUT2D eigenvalue weighted by Gasteiger charge is -2.39. The van der Waals surface area contributed by atoms with Crippen molar-refractivity contribution in [2.75, 3.05) is 37.7 Å². The van der Waals surface area contributed by atoms with Gasteiger partial charge in [0.25, 0.3) is 5.91 Å². The van der Waals surface area contributed by atoms with Gasteiger partial charge in [-0.2, -0.15) is 0 Å². The molecule has 2 aliphatic rings. The number of anilines is 1. The minimum absolute atomic E-state index is 0.121. The molecule has 0 bridgehead atoms. The summed E-state index contributed by atoms with van der Waals surface area (Å²) in [5.41, 5.74) is 0. The van der Waals surface area contributed by atoms with Crippen LogP contribution < -0.4 is 14.4 Å². The van der Waals surface area contributed by atoms with Gasteiger partial charge < -0.3 is 24.4 Å². The quantitative estimate of drug-likeness (QED) is 0.836. The Morgan fingerprint density at radius 3 is 2.73 bits per heavy atom. The van der Waals surface area contributed by atoms with Crippen molar-refractivity contribution in [3.63, 3.8) is 0 Å². The third-order valence-electron chi connectivity index (χ3n) is 4.26. The number of amides is 1. The predicted octanol–water partition coefficient (Wildman–Crippen LogP) is 0.725. The van der Waals surface area contributed by atoms with Crippen molar-refractivity contribution in [1.29, 1.82) is 0 Å². The second kappa shape index (κ2) is 6.79. The molecule has 1 atom stereocenters. The van der Waals surface area contributed by atoms with Crippen LogP contribution >= 0.6 is 11.3 Å². The highest BCUT2D eigenvalue weighted by Gasteiger charge is 2.38. The number of aliphatic carboxylic acids is 1. The van der Waals surface area contributed by atoms with E-state index in [0.29, 0.717) is 42.1 Å². The molecule has 4 rings (SSSR count). The Balaban J connectivity index is 1.57. The Morgan fingerprint density at radius 2 is 1.96 bits per heavy atom. The Kier molecular flexibility index (Phi) is 4.33. The summed E-state index contributed by atoms with van der Waals surface area (Å²) in [5, 5.41) is 11.4. The highest BCUT2D eigenvalue weighted by molar-refractivity contribution is 7.12. The molecule has 0 aliphatic carbocycles. The zero-order valence-corrected chi connectivity index (χ0v) is 14.5. The van der Waals surface area contributed by atoms with Gasteiger partial charge in [-0.3, -0.25) is 4.79 Å². The number of thiophene rings is 1. The van der Waals surface area contributed by atoms with Crippen LogP contribution in [0.25, 0.3) is 0 Å². The molecular formula is C16H16N4O5S. The van der Waals surface area contributed by atoms with Gasteiger partial charge in [0.15, 0.2) is 11.5 Å². The number of piperazine rings is 1. The van der Waals surface area contributed by atoms with Gasteiger partial charge in [-0.25, -0.2) is 14.8 Å². The van der Waals surface area contributed by atoms with E-state index in [1.54, 1.807) is 28.7 Å². The molecule has 2 aromatic rings. The molecule has 0 saturated carbocycles. The number of aromatic nitrogens is 2. The van der Waals surface area contributed by atoms with E-state index in [4.69, 9.17) is 9.47 Å². The third kappa shape index (κ3) is 2.92. The number of carbonyl (C=O) groups excluding carboxylic acids is 1. The maximum absolute atomic E-state index is 13.0. The van der Waals surface area contributed by atoms with Crippen LogP contribution in [0, 0.1) is 0 Å². The van der Waals surface area contributed by atoms with Crippen LogP contribution in [0.3, 0.4) is 0 Å². The van der Waals surface area contributed by atoms with Gasteiger partial charge >= 0.3 is 5.97 Å². The average Bonchev–Trinajstić information content (AvgIpc) is 3.12. The van der Waals surface area contributed by atoms with E-state index >= 15 is 0 Å². The number of rotatable bonds is 3. The average molecular weight is 376 g/mol. The Hall–Kier alpha value is -2.88. The molecule has 2 aliphatic heterocycles. The first kappa shape index (κ1) is 16.6. The molecule has 0 spiro atoms. The van der Waals surface area contributed by atoms with Crippen LogP contribution in [0.2, 0.25) is 0 Å². The summed E-state index contributed by atoms with van der Waals surface area (Å²) >= 11 is 1.21. The zero-order chi connectivity index (χ0) is 18.1. The number of fused-ring (bicyclic) bond motifs is 1. The normalized spacial score (nSPS) is 19.3. The molecule has 0 aromatic carbocycles. The van der Waals surface area contributed by atoms with Crippen molar-refractivity contribution >= 4 is 29.2 Å². The van der Waals surface area contributed by atoms with E-state index in [1.165, 1.54) is 16.2 Å². The van der Waals surface area contributed by atoms with E-state index in [-0.39, 0.29) is 19.0 Å². The fourth-order valence-electron chi connectivity index (χ4n) is 3.01. The molecule has 0 radical (unpaired) electrons. The highest BCUT2D eigenvalue weighted by atomic mass is 32.1. The number of hydrogen-bond acceptors (Lipinski definition) is 8. The van der Waals surface area contributed by atoms with E-state index < -0.39 is 12.0 Å². The minimum Gasteiger partial charge on any atom is -0.485 e. The van der Waals surface area contributed by atoms with Crippen LogP contribution in [0.5, 0.6) is 11.5 Å². The zero-order valence-electron chi connectivity index (χ0n) is 13.7. The number of carboxylic acid groups (broad SMARTS) is 1. The van der Waals surface area contributed by atoms with Gasteiger partial charge in [-0.05, 0) is 6.07 Å². The topological polar surface area (TPSA) is 105 Å². The first-order valence-corrected chi connectivity index (χ1v) is 8.96. The summed E-state index contributed by atoms with van der Waals surface area (Å²) < 4.78 is 11.0. The molecule has 26 heavy (non-hydrogen) atoms. The lowest BCUT2D eigenvalue weighted by atomic mass is 10.1. The second-order valence-corrected chi connectivity index (χ2v) is 6.68. The van der Waals surface area contributed by atoms with E-state index in [1.807, 2.05) is 0 Å². The molecule has 9 nitrogen and oxygen atoms in total. The van der Waals surface area contributed by atoms with Crippen LogP contribution in [0.1, 0.15) is 9.67 Å². The maximum Gasteiger partial charge on any atom is 0.328 e. The van der Waals surface area contributed by atoms with Crippen LogP contribution in [-0.4, -0.2) is 70.7 Å². The summed E-state index contributed by atoms with van der Waals surface area (Å²) in [7, 11) is 0. The SMILES string of the molecule is O=C(O)C1CN(c2ncccn2)CCN1C(=O)c1scc2c1OCCO2. The molecule has 2 aromatic heterocycles. The van der Waals surface area contributed by atoms with Gasteiger partial charge in [-0.1, -0.05) is 0 Å². The number of carboxylic acids is 1. The summed E-state index contributed by atoms with van der Waals surface area (Å²) in [4.78, 5) is 36.6. The summed E-state index contributed by atoms with van der Waals surface area (Å²) in [5.74, 6) is -0.0301. The van der Waals surface area contributed by atoms with Crippen LogP contribution in [-0.2, 0) is 4.79 Å². The van der Waals surface area contributed by atoms with Gasteiger partial charge in [0, 0.05) is 30.9 Å². The molecule has 1 unspecified atom stereocenters. The molecule has 4 heterocycles. The van der Waals surface area contributed by atoms with E-state index in [2.05, 4.69) is 9.97 Å².